The lowest BCUT2D eigenvalue weighted by atomic mass is 10.2. The third-order valence-electron chi connectivity index (χ3n) is 1.74. The summed E-state index contributed by atoms with van der Waals surface area (Å²) in [7, 11) is 3.86. The van der Waals surface area contributed by atoms with Gasteiger partial charge in [-0.05, 0) is 6.42 Å². The fraction of sp³-hybridized carbons (Fsp3) is 0.625. The number of nitrogens with zero attached hydrogens (tertiary/aromatic N) is 2. The maximum Gasteiger partial charge on any atom is 0.148 e. The van der Waals surface area contributed by atoms with E-state index in [2.05, 4.69) is 23.4 Å². The topological polar surface area (TPSA) is 29.9 Å². The van der Waals surface area contributed by atoms with E-state index in [1.807, 2.05) is 18.8 Å². The van der Waals surface area contributed by atoms with Gasteiger partial charge in [0.05, 0.1) is 0 Å². The van der Waals surface area contributed by atoms with Gasteiger partial charge in [0, 0.05) is 25.9 Å². The van der Waals surface area contributed by atoms with Crippen LogP contribution in [-0.4, -0.2) is 16.8 Å². The van der Waals surface area contributed by atoms with Crippen LogP contribution in [0.15, 0.2) is 6.07 Å². The Kier molecular flexibility index (Phi) is 2.52. The zero-order chi connectivity index (χ0) is 8.27. The van der Waals surface area contributed by atoms with Crippen molar-refractivity contribution in [3.8, 4) is 0 Å². The van der Waals surface area contributed by atoms with Crippen molar-refractivity contribution in [1.29, 1.82) is 0 Å². The molecule has 0 saturated heterocycles. The van der Waals surface area contributed by atoms with Gasteiger partial charge in [0.1, 0.15) is 5.82 Å². The Bertz CT molecular complexity index is 227. The smallest absolute Gasteiger partial charge is 0.148 e. The van der Waals surface area contributed by atoms with Gasteiger partial charge in [0.25, 0.3) is 0 Å². The first-order valence-corrected chi connectivity index (χ1v) is 3.98. The minimum Gasteiger partial charge on any atom is -0.372 e. The molecule has 0 bridgehead atoms. The van der Waals surface area contributed by atoms with E-state index in [9.17, 15) is 0 Å². The van der Waals surface area contributed by atoms with Crippen molar-refractivity contribution >= 4 is 5.82 Å². The molecule has 1 aromatic rings. The van der Waals surface area contributed by atoms with Crippen LogP contribution in [-0.2, 0) is 13.5 Å². The van der Waals surface area contributed by atoms with E-state index in [4.69, 9.17) is 0 Å². The summed E-state index contributed by atoms with van der Waals surface area (Å²) in [5.74, 6) is 0.955. The van der Waals surface area contributed by atoms with E-state index < -0.39 is 0 Å². The lowest BCUT2D eigenvalue weighted by Gasteiger charge is -1.95. The van der Waals surface area contributed by atoms with Crippen molar-refractivity contribution in [2.45, 2.75) is 19.8 Å². The van der Waals surface area contributed by atoms with Gasteiger partial charge in [-0.25, -0.2) is 0 Å². The van der Waals surface area contributed by atoms with Gasteiger partial charge >= 0.3 is 0 Å². The van der Waals surface area contributed by atoms with Crippen molar-refractivity contribution in [3.05, 3.63) is 11.8 Å². The zero-order valence-electron chi connectivity index (χ0n) is 7.39. The number of rotatable bonds is 3. The fourth-order valence-electron chi connectivity index (χ4n) is 1.12. The normalized spacial score (nSPS) is 10.1. The average Bonchev–Trinajstić information content (AvgIpc) is 2.33. The average molecular weight is 153 g/mol. The fourth-order valence-corrected chi connectivity index (χ4v) is 1.12. The third-order valence-corrected chi connectivity index (χ3v) is 1.74. The molecule has 0 unspecified atom stereocenters. The van der Waals surface area contributed by atoms with Crippen molar-refractivity contribution in [3.63, 3.8) is 0 Å². The molecule has 3 nitrogen and oxygen atoms in total. The highest BCUT2D eigenvalue weighted by atomic mass is 15.3. The van der Waals surface area contributed by atoms with Crippen molar-refractivity contribution in [1.82, 2.24) is 9.78 Å². The molecule has 0 aliphatic carbocycles. The standard InChI is InChI=1S/C8H15N3/c1-4-5-7-6-8(9-2)10-11(7)3/h6H,4-5H2,1-3H3,(H,9,10). The second kappa shape index (κ2) is 3.42. The molecular formula is C8H15N3. The molecule has 1 N–H and O–H groups in total. The second-order valence-electron chi connectivity index (χ2n) is 2.64. The summed E-state index contributed by atoms with van der Waals surface area (Å²) in [5.41, 5.74) is 1.29. The lowest BCUT2D eigenvalue weighted by molar-refractivity contribution is 0.699. The number of hydrogen-bond donors (Lipinski definition) is 1. The zero-order valence-corrected chi connectivity index (χ0v) is 7.39. The van der Waals surface area contributed by atoms with E-state index in [0.29, 0.717) is 0 Å². The molecule has 0 fully saturated rings. The monoisotopic (exact) mass is 153 g/mol. The molecule has 0 radical (unpaired) electrons. The van der Waals surface area contributed by atoms with E-state index in [0.717, 1.165) is 12.2 Å². The van der Waals surface area contributed by atoms with E-state index in [1.165, 1.54) is 12.1 Å². The molecule has 11 heavy (non-hydrogen) atoms. The summed E-state index contributed by atoms with van der Waals surface area (Å²) in [4.78, 5) is 0. The van der Waals surface area contributed by atoms with E-state index >= 15 is 0 Å². The number of anilines is 1. The largest absolute Gasteiger partial charge is 0.372 e. The van der Waals surface area contributed by atoms with Gasteiger partial charge in [0.2, 0.25) is 0 Å². The molecule has 0 aliphatic heterocycles. The first kappa shape index (κ1) is 8.11. The predicted molar refractivity (Wildman–Crippen MR) is 46.7 cm³/mol. The number of aromatic nitrogens is 2. The molecule has 1 rings (SSSR count). The molecule has 0 aromatic carbocycles. The van der Waals surface area contributed by atoms with Gasteiger partial charge < -0.3 is 5.32 Å². The summed E-state index contributed by atoms with van der Waals surface area (Å²) in [6.07, 6.45) is 2.27. The molecule has 3 heteroatoms. The Hall–Kier alpha value is -0.990. The van der Waals surface area contributed by atoms with Crippen LogP contribution >= 0.6 is 0 Å². The van der Waals surface area contributed by atoms with Crippen molar-refractivity contribution in [2.75, 3.05) is 12.4 Å². The van der Waals surface area contributed by atoms with Crippen LogP contribution in [0, 0.1) is 0 Å². The van der Waals surface area contributed by atoms with Crippen molar-refractivity contribution < 1.29 is 0 Å². The summed E-state index contributed by atoms with van der Waals surface area (Å²) >= 11 is 0. The Labute approximate surface area is 67.4 Å². The minimum absolute atomic E-state index is 0.955. The van der Waals surface area contributed by atoms with Gasteiger partial charge in [-0.2, -0.15) is 5.10 Å². The van der Waals surface area contributed by atoms with Gasteiger partial charge in [-0.1, -0.05) is 13.3 Å². The van der Waals surface area contributed by atoms with E-state index in [1.54, 1.807) is 0 Å². The van der Waals surface area contributed by atoms with Crippen LogP contribution in [0.3, 0.4) is 0 Å². The van der Waals surface area contributed by atoms with Gasteiger partial charge in [-0.3, -0.25) is 4.68 Å². The summed E-state index contributed by atoms with van der Waals surface area (Å²) in [6, 6.07) is 2.09. The van der Waals surface area contributed by atoms with Crippen LogP contribution < -0.4 is 5.32 Å². The summed E-state index contributed by atoms with van der Waals surface area (Å²) < 4.78 is 1.93. The van der Waals surface area contributed by atoms with Crippen LogP contribution in [0.5, 0.6) is 0 Å². The molecule has 1 heterocycles. The maximum absolute atomic E-state index is 4.25. The minimum atomic E-state index is 0.955. The first-order chi connectivity index (χ1) is 5.27. The Morgan fingerprint density at radius 3 is 2.82 bits per heavy atom. The van der Waals surface area contributed by atoms with Crippen LogP contribution in [0.1, 0.15) is 19.0 Å². The number of aryl methyl sites for hydroxylation is 2. The van der Waals surface area contributed by atoms with Gasteiger partial charge in [-0.15, -0.1) is 0 Å². The maximum atomic E-state index is 4.25. The predicted octanol–water partition coefficient (Wildman–Crippen LogP) is 1.41. The quantitative estimate of drug-likeness (QED) is 0.711. The highest BCUT2D eigenvalue weighted by molar-refractivity contribution is 5.34. The summed E-state index contributed by atoms with van der Waals surface area (Å²) in [6.45, 7) is 2.17. The molecule has 0 atom stereocenters. The van der Waals surface area contributed by atoms with Gasteiger partial charge in [0.15, 0.2) is 0 Å². The highest BCUT2D eigenvalue weighted by Gasteiger charge is 2.00. The molecule has 1 aromatic heterocycles. The van der Waals surface area contributed by atoms with Crippen molar-refractivity contribution in [2.24, 2.45) is 7.05 Å². The molecule has 0 aliphatic rings. The van der Waals surface area contributed by atoms with E-state index in [-0.39, 0.29) is 0 Å². The first-order valence-electron chi connectivity index (χ1n) is 3.98. The van der Waals surface area contributed by atoms with Crippen LogP contribution in [0.4, 0.5) is 5.82 Å². The lowest BCUT2D eigenvalue weighted by Crippen LogP contribution is -1.97. The summed E-state index contributed by atoms with van der Waals surface area (Å²) in [5, 5.41) is 7.27. The number of hydrogen-bond acceptors (Lipinski definition) is 2. The molecule has 0 amide bonds. The Morgan fingerprint density at radius 1 is 1.64 bits per heavy atom. The van der Waals surface area contributed by atoms with Crippen LogP contribution in [0.25, 0.3) is 0 Å². The van der Waals surface area contributed by atoms with Crippen LogP contribution in [0.2, 0.25) is 0 Å². The molecule has 62 valence electrons. The molecular weight excluding hydrogens is 138 g/mol. The molecule has 0 spiro atoms. The molecule has 0 saturated carbocycles. The Morgan fingerprint density at radius 2 is 2.36 bits per heavy atom. The highest BCUT2D eigenvalue weighted by Crippen LogP contribution is 2.08. The Balaban J connectivity index is 2.79. The third kappa shape index (κ3) is 1.73. The second-order valence-corrected chi connectivity index (χ2v) is 2.64. The number of nitrogens with one attached hydrogen (secondary N) is 1. The SMILES string of the molecule is CCCc1cc(NC)nn1C.